The fourth-order valence-corrected chi connectivity index (χ4v) is 3.47. The van der Waals surface area contributed by atoms with E-state index in [-0.39, 0.29) is 16.5 Å². The zero-order chi connectivity index (χ0) is 20.3. The number of ether oxygens (including phenoxy) is 2. The largest absolute Gasteiger partial charge is 0.494 e. The second kappa shape index (κ2) is 7.95. The Morgan fingerprint density at radius 1 is 1.14 bits per heavy atom. The van der Waals surface area contributed by atoms with Crippen LogP contribution < -0.4 is 4.74 Å². The first-order chi connectivity index (χ1) is 13.3. The quantitative estimate of drug-likeness (QED) is 0.550. The van der Waals surface area contributed by atoms with Crippen LogP contribution in [0.2, 0.25) is 0 Å². The maximum Gasteiger partial charge on any atom is 0.363 e. The van der Waals surface area contributed by atoms with Gasteiger partial charge in [-0.25, -0.2) is 22.5 Å². The fourth-order valence-electron chi connectivity index (χ4n) is 2.52. The molecular weight excluding hydrogens is 380 g/mol. The van der Waals surface area contributed by atoms with Crippen molar-refractivity contribution in [3.63, 3.8) is 0 Å². The highest BCUT2D eigenvalue weighted by Crippen LogP contribution is 2.22. The minimum atomic E-state index is -3.60. The molecule has 1 aliphatic rings. The van der Waals surface area contributed by atoms with Crippen LogP contribution in [0.1, 0.15) is 18.1 Å². The van der Waals surface area contributed by atoms with Crippen molar-refractivity contribution in [2.75, 3.05) is 20.7 Å². The van der Waals surface area contributed by atoms with Crippen molar-refractivity contribution in [1.82, 2.24) is 4.31 Å². The molecule has 28 heavy (non-hydrogen) atoms. The van der Waals surface area contributed by atoms with Crippen molar-refractivity contribution in [3.8, 4) is 5.75 Å². The summed E-state index contributed by atoms with van der Waals surface area (Å²) in [6.07, 6.45) is 1.60. The molecule has 0 unspecified atom stereocenters. The average molecular weight is 400 g/mol. The molecule has 0 saturated carbocycles. The fraction of sp³-hybridized carbons (Fsp3) is 0.200. The van der Waals surface area contributed by atoms with E-state index >= 15 is 0 Å². The van der Waals surface area contributed by atoms with Crippen molar-refractivity contribution in [3.05, 3.63) is 65.4 Å². The molecule has 0 bridgehead atoms. The minimum Gasteiger partial charge on any atom is -0.494 e. The Morgan fingerprint density at radius 2 is 1.86 bits per heavy atom. The summed E-state index contributed by atoms with van der Waals surface area (Å²) in [5.41, 5.74) is 1.32. The van der Waals surface area contributed by atoms with E-state index in [1.54, 1.807) is 30.3 Å². The Kier molecular flexibility index (Phi) is 5.62. The molecule has 0 radical (unpaired) electrons. The maximum absolute atomic E-state index is 12.3. The van der Waals surface area contributed by atoms with Gasteiger partial charge in [-0.3, -0.25) is 0 Å². The van der Waals surface area contributed by atoms with Gasteiger partial charge in [-0.15, -0.1) is 0 Å². The number of carbonyl (C=O) groups excluding carboxylic acids is 1. The summed E-state index contributed by atoms with van der Waals surface area (Å²) in [4.78, 5) is 16.5. The molecular formula is C20H20N2O5S. The zero-order valence-corrected chi connectivity index (χ0v) is 16.6. The summed E-state index contributed by atoms with van der Waals surface area (Å²) < 4.78 is 36.3. The third-order valence-corrected chi connectivity index (χ3v) is 5.79. The SMILES string of the molecule is CCOc1ccc(/C=C2\N=C(c3cccc(S(=O)(=O)N(C)C)c3)OC2=O)cc1. The van der Waals surface area contributed by atoms with Crippen molar-refractivity contribution in [1.29, 1.82) is 0 Å². The zero-order valence-electron chi connectivity index (χ0n) is 15.7. The molecule has 0 aromatic heterocycles. The first-order valence-corrected chi connectivity index (χ1v) is 10.0. The van der Waals surface area contributed by atoms with E-state index in [1.165, 1.54) is 26.2 Å². The van der Waals surface area contributed by atoms with Crippen LogP contribution in [0.25, 0.3) is 6.08 Å². The highest BCUT2D eigenvalue weighted by Gasteiger charge is 2.26. The normalized spacial score (nSPS) is 15.6. The van der Waals surface area contributed by atoms with Crippen molar-refractivity contribution in [2.24, 2.45) is 4.99 Å². The van der Waals surface area contributed by atoms with Crippen LogP contribution in [0.4, 0.5) is 0 Å². The van der Waals surface area contributed by atoms with Gasteiger partial charge in [-0.2, -0.15) is 0 Å². The van der Waals surface area contributed by atoms with Gasteiger partial charge in [-0.05, 0) is 48.9 Å². The molecule has 3 rings (SSSR count). The summed E-state index contributed by atoms with van der Waals surface area (Å²) in [6, 6.07) is 13.4. The van der Waals surface area contributed by atoms with Gasteiger partial charge in [0.25, 0.3) is 0 Å². The van der Waals surface area contributed by atoms with Crippen molar-refractivity contribution < 1.29 is 22.7 Å². The number of hydrogen-bond acceptors (Lipinski definition) is 6. The van der Waals surface area contributed by atoms with Gasteiger partial charge < -0.3 is 9.47 Å². The van der Waals surface area contributed by atoms with E-state index in [2.05, 4.69) is 4.99 Å². The van der Waals surface area contributed by atoms with Crippen molar-refractivity contribution >= 4 is 28.0 Å². The molecule has 1 heterocycles. The van der Waals surface area contributed by atoms with Crippen molar-refractivity contribution in [2.45, 2.75) is 11.8 Å². The number of cyclic esters (lactones) is 1. The Hall–Kier alpha value is -2.97. The minimum absolute atomic E-state index is 0.0676. The van der Waals surface area contributed by atoms with Crippen LogP contribution >= 0.6 is 0 Å². The van der Waals surface area contributed by atoms with E-state index in [0.717, 1.165) is 15.6 Å². The monoisotopic (exact) mass is 400 g/mol. The summed E-state index contributed by atoms with van der Waals surface area (Å²) >= 11 is 0. The molecule has 0 atom stereocenters. The van der Waals surface area contributed by atoms with Gasteiger partial charge in [0.2, 0.25) is 15.9 Å². The number of sulfonamides is 1. The van der Waals surface area contributed by atoms with Gasteiger partial charge in [0, 0.05) is 19.7 Å². The first kappa shape index (κ1) is 19.8. The third kappa shape index (κ3) is 4.13. The van der Waals surface area contributed by atoms with Crippen LogP contribution in [0.5, 0.6) is 5.75 Å². The lowest BCUT2D eigenvalue weighted by Crippen LogP contribution is -2.22. The lowest BCUT2D eigenvalue weighted by Gasteiger charge is -2.11. The molecule has 0 N–H and O–H groups in total. The van der Waals surface area contributed by atoms with Gasteiger partial charge in [0.15, 0.2) is 5.70 Å². The highest BCUT2D eigenvalue weighted by atomic mass is 32.2. The van der Waals surface area contributed by atoms with Crippen LogP contribution in [-0.4, -0.2) is 45.3 Å². The van der Waals surface area contributed by atoms with E-state index < -0.39 is 16.0 Å². The standard InChI is InChI=1S/C20H20N2O5S/c1-4-26-16-10-8-14(9-11-16)12-18-20(23)27-19(21-18)15-6-5-7-17(13-15)28(24,25)22(2)3/h5-13H,4H2,1-3H3/b18-12-. The molecule has 0 aliphatic carbocycles. The van der Waals surface area contributed by atoms with Gasteiger partial charge in [-0.1, -0.05) is 18.2 Å². The molecule has 8 heteroatoms. The number of hydrogen-bond donors (Lipinski definition) is 0. The number of aliphatic imine (C=N–C) groups is 1. The second-order valence-electron chi connectivity index (χ2n) is 6.15. The highest BCUT2D eigenvalue weighted by molar-refractivity contribution is 7.89. The summed E-state index contributed by atoms with van der Waals surface area (Å²) in [5, 5.41) is 0. The molecule has 0 fully saturated rings. The van der Waals surface area contributed by atoms with Gasteiger partial charge >= 0.3 is 5.97 Å². The molecule has 0 spiro atoms. The van der Waals surface area contributed by atoms with E-state index in [4.69, 9.17) is 9.47 Å². The van der Waals surface area contributed by atoms with E-state index in [9.17, 15) is 13.2 Å². The van der Waals surface area contributed by atoms with Crippen LogP contribution in [-0.2, 0) is 19.6 Å². The Bertz CT molecular complexity index is 1050. The summed E-state index contributed by atoms with van der Waals surface area (Å²) in [5.74, 6) is 0.213. The maximum atomic E-state index is 12.3. The summed E-state index contributed by atoms with van der Waals surface area (Å²) in [7, 11) is -0.700. The van der Waals surface area contributed by atoms with Gasteiger partial charge in [0.1, 0.15) is 5.75 Å². The molecule has 7 nitrogen and oxygen atoms in total. The number of rotatable bonds is 6. The third-order valence-electron chi connectivity index (χ3n) is 3.97. The van der Waals surface area contributed by atoms with Crippen LogP contribution in [0, 0.1) is 0 Å². The van der Waals surface area contributed by atoms with Crippen LogP contribution in [0.3, 0.4) is 0 Å². The number of nitrogens with zero attached hydrogens (tertiary/aromatic N) is 2. The molecule has 2 aromatic rings. The van der Waals surface area contributed by atoms with E-state index in [1.807, 2.05) is 19.1 Å². The Morgan fingerprint density at radius 3 is 2.50 bits per heavy atom. The van der Waals surface area contributed by atoms with Crippen LogP contribution in [0.15, 0.2) is 64.1 Å². The number of esters is 1. The first-order valence-electron chi connectivity index (χ1n) is 8.59. The second-order valence-corrected chi connectivity index (χ2v) is 8.31. The average Bonchev–Trinajstić information content (AvgIpc) is 3.04. The molecule has 0 saturated heterocycles. The van der Waals surface area contributed by atoms with E-state index in [0.29, 0.717) is 12.2 Å². The number of benzene rings is 2. The predicted molar refractivity (Wildman–Crippen MR) is 106 cm³/mol. The molecule has 146 valence electrons. The molecule has 2 aromatic carbocycles. The Balaban J connectivity index is 1.90. The molecule has 0 amide bonds. The Labute approximate surface area is 164 Å². The lowest BCUT2D eigenvalue weighted by molar-refractivity contribution is -0.129. The molecule has 1 aliphatic heterocycles. The smallest absolute Gasteiger partial charge is 0.363 e. The van der Waals surface area contributed by atoms with Gasteiger partial charge in [0.05, 0.1) is 11.5 Å². The lowest BCUT2D eigenvalue weighted by atomic mass is 10.2. The topological polar surface area (TPSA) is 85.3 Å². The summed E-state index contributed by atoms with van der Waals surface area (Å²) in [6.45, 7) is 2.47. The predicted octanol–water partition coefficient (Wildman–Crippen LogP) is 2.68. The number of carbonyl (C=O) groups is 1.